The number of fused-ring (bicyclic) bond motifs is 5. The maximum absolute atomic E-state index is 12.0. The van der Waals surface area contributed by atoms with Gasteiger partial charge in [-0.15, -0.1) is 0 Å². The number of ketones is 1. The van der Waals surface area contributed by atoms with Crippen LogP contribution in [0, 0.1) is 22.7 Å². The van der Waals surface area contributed by atoms with E-state index in [1.165, 1.54) is 36.0 Å². The molecule has 0 bridgehead atoms. The topological polar surface area (TPSA) is 39.2 Å². The summed E-state index contributed by atoms with van der Waals surface area (Å²) in [6.07, 6.45) is 16.9. The van der Waals surface area contributed by atoms with Crippen molar-refractivity contribution in [2.45, 2.75) is 52.4 Å². The predicted molar refractivity (Wildman–Crippen MR) is 111 cm³/mol. The summed E-state index contributed by atoms with van der Waals surface area (Å²) in [4.78, 5) is 16.4. The van der Waals surface area contributed by atoms with Gasteiger partial charge in [0.15, 0.2) is 5.78 Å². The van der Waals surface area contributed by atoms with Crippen LogP contribution in [-0.4, -0.2) is 17.9 Å². The molecule has 0 radical (unpaired) electrons. The van der Waals surface area contributed by atoms with Crippen molar-refractivity contribution in [3.63, 3.8) is 0 Å². The lowest BCUT2D eigenvalue weighted by Crippen LogP contribution is -2.47. The number of ether oxygens (including phenoxy) is 1. The van der Waals surface area contributed by atoms with E-state index in [0.29, 0.717) is 17.6 Å². The number of carbonyl (C=O) groups excluding carboxylic acids is 1. The number of hydrogen-bond acceptors (Lipinski definition) is 3. The van der Waals surface area contributed by atoms with Crippen LogP contribution in [0.15, 0.2) is 47.8 Å². The first-order chi connectivity index (χ1) is 13.5. The van der Waals surface area contributed by atoms with Crippen molar-refractivity contribution >= 4 is 11.4 Å². The van der Waals surface area contributed by atoms with Crippen molar-refractivity contribution in [3.05, 3.63) is 53.4 Å². The van der Waals surface area contributed by atoms with E-state index in [0.717, 1.165) is 25.0 Å². The molecule has 5 rings (SSSR count). The summed E-state index contributed by atoms with van der Waals surface area (Å²) in [6.45, 7) is 4.85. The molecule has 0 spiro atoms. The van der Waals surface area contributed by atoms with E-state index in [-0.39, 0.29) is 10.8 Å². The van der Waals surface area contributed by atoms with Gasteiger partial charge in [-0.1, -0.05) is 37.1 Å². The Morgan fingerprint density at radius 3 is 2.79 bits per heavy atom. The van der Waals surface area contributed by atoms with Crippen molar-refractivity contribution in [1.82, 2.24) is 4.98 Å². The fraction of sp³-hybridized carbons (Fsp3) is 0.520. The van der Waals surface area contributed by atoms with Crippen LogP contribution in [0.2, 0.25) is 0 Å². The molecule has 4 aliphatic carbocycles. The van der Waals surface area contributed by atoms with Crippen molar-refractivity contribution < 1.29 is 9.53 Å². The van der Waals surface area contributed by atoms with Gasteiger partial charge in [-0.05, 0) is 67.1 Å². The zero-order valence-electron chi connectivity index (χ0n) is 17.1. The van der Waals surface area contributed by atoms with Crippen molar-refractivity contribution in [3.8, 4) is 5.75 Å². The van der Waals surface area contributed by atoms with E-state index in [4.69, 9.17) is 4.74 Å². The zero-order chi connectivity index (χ0) is 19.5. The molecule has 4 atom stereocenters. The van der Waals surface area contributed by atoms with Gasteiger partial charge >= 0.3 is 0 Å². The minimum atomic E-state index is 0.0945. The SMILES string of the molecule is COc1cncc(C2=CC=C3[C@@H]4CCC5=CC(=O)CC[C@]5(C)[C@H]4CC[C@]23C)c1. The van der Waals surface area contributed by atoms with E-state index in [1.54, 1.807) is 18.9 Å². The van der Waals surface area contributed by atoms with Crippen LogP contribution >= 0.6 is 0 Å². The quantitative estimate of drug-likeness (QED) is 0.682. The molecule has 2 fully saturated rings. The second kappa shape index (κ2) is 6.17. The van der Waals surface area contributed by atoms with Gasteiger partial charge in [-0.2, -0.15) is 0 Å². The standard InChI is InChI=1S/C25H29NO2/c1-24-10-8-18(27)13-17(24)4-5-20-22-7-6-21(25(22,2)11-9-23(20)24)16-12-19(28-3)15-26-14-16/h6-7,12-15,20,23H,4-5,8-11H2,1-3H3/t20-,23-,24-,25+/m0/s1. The molecule has 0 amide bonds. The molecule has 4 aliphatic rings. The number of methoxy groups -OCH3 is 1. The number of carbonyl (C=O) groups is 1. The highest BCUT2D eigenvalue weighted by Gasteiger charge is 2.54. The summed E-state index contributed by atoms with van der Waals surface area (Å²) in [5.74, 6) is 2.44. The van der Waals surface area contributed by atoms with Gasteiger partial charge in [-0.3, -0.25) is 9.78 Å². The van der Waals surface area contributed by atoms with Crippen LogP contribution in [0.1, 0.15) is 57.9 Å². The Labute approximate surface area is 167 Å². The Morgan fingerprint density at radius 1 is 1.11 bits per heavy atom. The Hall–Kier alpha value is -2.16. The minimum absolute atomic E-state index is 0.0945. The minimum Gasteiger partial charge on any atom is -0.495 e. The molecule has 2 saturated carbocycles. The molecule has 0 aromatic carbocycles. The van der Waals surface area contributed by atoms with E-state index < -0.39 is 0 Å². The number of rotatable bonds is 2. The molecule has 1 aromatic rings. The number of hydrogen-bond donors (Lipinski definition) is 0. The summed E-state index contributed by atoms with van der Waals surface area (Å²) >= 11 is 0. The second-order valence-electron chi connectivity index (χ2n) is 9.49. The summed E-state index contributed by atoms with van der Waals surface area (Å²) in [7, 11) is 1.70. The highest BCUT2D eigenvalue weighted by atomic mass is 16.5. The average Bonchev–Trinajstić information content (AvgIpc) is 3.06. The van der Waals surface area contributed by atoms with Crippen LogP contribution in [-0.2, 0) is 4.79 Å². The lowest BCUT2D eigenvalue weighted by Gasteiger charge is -2.56. The third-order valence-corrected chi connectivity index (χ3v) is 8.26. The summed E-state index contributed by atoms with van der Waals surface area (Å²) < 4.78 is 5.41. The van der Waals surface area contributed by atoms with Gasteiger partial charge in [-0.25, -0.2) is 0 Å². The van der Waals surface area contributed by atoms with E-state index in [9.17, 15) is 4.79 Å². The molecule has 0 unspecified atom stereocenters. The maximum Gasteiger partial charge on any atom is 0.155 e. The highest BCUT2D eigenvalue weighted by molar-refractivity contribution is 5.91. The molecule has 28 heavy (non-hydrogen) atoms. The lowest BCUT2D eigenvalue weighted by atomic mass is 9.48. The van der Waals surface area contributed by atoms with Crippen LogP contribution in [0.5, 0.6) is 5.75 Å². The van der Waals surface area contributed by atoms with Crippen LogP contribution < -0.4 is 4.74 Å². The van der Waals surface area contributed by atoms with E-state index in [2.05, 4.69) is 37.0 Å². The highest BCUT2D eigenvalue weighted by Crippen LogP contribution is 2.65. The predicted octanol–water partition coefficient (Wildman–Crippen LogP) is 5.54. The molecule has 0 saturated heterocycles. The number of nitrogens with zero attached hydrogens (tertiary/aromatic N) is 1. The van der Waals surface area contributed by atoms with Gasteiger partial charge < -0.3 is 4.74 Å². The maximum atomic E-state index is 12.0. The van der Waals surface area contributed by atoms with Gasteiger partial charge in [0.1, 0.15) is 5.75 Å². The van der Waals surface area contributed by atoms with Crippen molar-refractivity contribution in [1.29, 1.82) is 0 Å². The molecule has 3 heteroatoms. The van der Waals surface area contributed by atoms with Gasteiger partial charge in [0.2, 0.25) is 0 Å². The van der Waals surface area contributed by atoms with Gasteiger partial charge in [0.25, 0.3) is 0 Å². The Balaban J connectivity index is 1.48. The Bertz CT molecular complexity index is 940. The molecular weight excluding hydrogens is 346 g/mol. The molecule has 3 nitrogen and oxygen atoms in total. The largest absolute Gasteiger partial charge is 0.495 e. The first kappa shape index (κ1) is 17.9. The third-order valence-electron chi connectivity index (χ3n) is 8.26. The Morgan fingerprint density at radius 2 is 1.96 bits per heavy atom. The second-order valence-corrected chi connectivity index (χ2v) is 9.49. The summed E-state index contributed by atoms with van der Waals surface area (Å²) in [5, 5.41) is 0. The molecule has 146 valence electrons. The fourth-order valence-corrected chi connectivity index (χ4v) is 6.65. The summed E-state index contributed by atoms with van der Waals surface area (Å²) in [5.41, 5.74) is 5.91. The van der Waals surface area contributed by atoms with Crippen LogP contribution in [0.25, 0.3) is 5.57 Å². The third kappa shape index (κ3) is 2.41. The van der Waals surface area contributed by atoms with Gasteiger partial charge in [0, 0.05) is 23.6 Å². The Kier molecular flexibility index (Phi) is 3.94. The van der Waals surface area contributed by atoms with E-state index in [1.807, 2.05) is 12.3 Å². The normalized spacial score (nSPS) is 36.5. The monoisotopic (exact) mass is 375 g/mol. The number of allylic oxidation sites excluding steroid dienone is 6. The molecule has 1 heterocycles. The molecule has 1 aromatic heterocycles. The van der Waals surface area contributed by atoms with Crippen LogP contribution in [0.3, 0.4) is 0 Å². The van der Waals surface area contributed by atoms with Crippen molar-refractivity contribution in [2.75, 3.05) is 7.11 Å². The first-order valence-electron chi connectivity index (χ1n) is 10.6. The average molecular weight is 376 g/mol. The zero-order valence-corrected chi connectivity index (χ0v) is 17.1. The van der Waals surface area contributed by atoms with E-state index >= 15 is 0 Å². The molecule has 0 aliphatic heterocycles. The number of pyridine rings is 1. The fourth-order valence-electron chi connectivity index (χ4n) is 6.65. The smallest absolute Gasteiger partial charge is 0.155 e. The molecule has 0 N–H and O–H groups in total. The lowest BCUT2D eigenvalue weighted by molar-refractivity contribution is -0.116. The van der Waals surface area contributed by atoms with Crippen LogP contribution in [0.4, 0.5) is 0 Å². The number of aromatic nitrogens is 1. The van der Waals surface area contributed by atoms with Crippen molar-refractivity contribution in [2.24, 2.45) is 22.7 Å². The molecular formula is C25H29NO2. The first-order valence-corrected chi connectivity index (χ1v) is 10.6. The van der Waals surface area contributed by atoms with Gasteiger partial charge in [0.05, 0.1) is 13.3 Å². The summed E-state index contributed by atoms with van der Waals surface area (Å²) in [6, 6.07) is 2.11.